The van der Waals surface area contributed by atoms with Gasteiger partial charge in [-0.1, -0.05) is 12.1 Å². The number of benzene rings is 1. The Morgan fingerprint density at radius 1 is 1.24 bits per heavy atom. The summed E-state index contributed by atoms with van der Waals surface area (Å²) in [7, 11) is 1.64. The molecule has 1 atom stereocenters. The van der Waals surface area contributed by atoms with E-state index in [9.17, 15) is 12.8 Å². The zero-order valence-corrected chi connectivity index (χ0v) is 14.0. The van der Waals surface area contributed by atoms with Gasteiger partial charge in [-0.25, -0.2) is 9.11 Å². The van der Waals surface area contributed by atoms with Gasteiger partial charge in [0.2, 0.25) is 0 Å². The van der Waals surface area contributed by atoms with Gasteiger partial charge in [0.15, 0.2) is 0 Å². The normalized spacial score (nSPS) is 14.1. The summed E-state index contributed by atoms with van der Waals surface area (Å²) in [5, 5.41) is 0. The number of rotatable bonds is 7. The Balaban J connectivity index is 2.87. The molecule has 0 heterocycles. The van der Waals surface area contributed by atoms with Gasteiger partial charge < -0.3 is 4.90 Å². The highest BCUT2D eigenvalue weighted by molar-refractivity contribution is 7.87. The van der Waals surface area contributed by atoms with Crippen LogP contribution in [0.4, 0.5) is 4.39 Å². The van der Waals surface area contributed by atoms with Gasteiger partial charge in [0, 0.05) is 25.7 Å². The lowest BCUT2D eigenvalue weighted by atomic mass is 10.1. The van der Waals surface area contributed by atoms with E-state index in [0.717, 1.165) is 5.56 Å². The van der Waals surface area contributed by atoms with Crippen LogP contribution < -0.4 is 4.72 Å². The van der Waals surface area contributed by atoms with Gasteiger partial charge >= 0.3 is 0 Å². The predicted octanol–water partition coefficient (Wildman–Crippen LogP) is 1.60. The van der Waals surface area contributed by atoms with Crippen molar-refractivity contribution in [2.75, 3.05) is 27.7 Å². The van der Waals surface area contributed by atoms with Gasteiger partial charge in [-0.15, -0.1) is 0 Å². The third kappa shape index (κ3) is 5.03. The summed E-state index contributed by atoms with van der Waals surface area (Å²) in [5.41, 5.74) is 0.731. The highest BCUT2D eigenvalue weighted by Crippen LogP contribution is 2.18. The fourth-order valence-corrected chi connectivity index (χ4v) is 3.00. The van der Waals surface area contributed by atoms with Gasteiger partial charge in [-0.05, 0) is 45.6 Å². The van der Waals surface area contributed by atoms with E-state index in [-0.39, 0.29) is 24.4 Å². The lowest BCUT2D eigenvalue weighted by molar-refractivity contribution is 0.295. The maximum atomic E-state index is 13.3. The molecule has 0 aliphatic heterocycles. The van der Waals surface area contributed by atoms with Crippen LogP contribution in [-0.4, -0.2) is 51.4 Å². The molecule has 1 rings (SSSR count). The second-order valence-electron chi connectivity index (χ2n) is 5.50. The van der Waals surface area contributed by atoms with Crippen molar-refractivity contribution >= 4 is 10.2 Å². The monoisotopic (exact) mass is 317 g/mol. The molecule has 0 fully saturated rings. The fraction of sp³-hybridized carbons (Fsp3) is 0.571. The SMILES string of the molecule is CC(C)N(C)S(=O)(=O)NC[C@H](c1cccc(F)c1)N(C)C. The molecule has 0 amide bonds. The van der Waals surface area contributed by atoms with Crippen LogP contribution in [0.25, 0.3) is 0 Å². The Labute approximate surface area is 126 Å². The Hall–Kier alpha value is -1.02. The molecule has 120 valence electrons. The van der Waals surface area contributed by atoms with Crippen molar-refractivity contribution in [1.82, 2.24) is 13.9 Å². The molecule has 7 heteroatoms. The summed E-state index contributed by atoms with van der Waals surface area (Å²) in [6.07, 6.45) is 0. The molecule has 0 aliphatic carbocycles. The third-order valence-corrected chi connectivity index (χ3v) is 5.13. The van der Waals surface area contributed by atoms with Crippen LogP contribution in [0, 0.1) is 5.82 Å². The van der Waals surface area contributed by atoms with Crippen molar-refractivity contribution in [3.63, 3.8) is 0 Å². The number of likely N-dealkylation sites (N-methyl/N-ethyl adjacent to an activating group) is 1. The van der Waals surface area contributed by atoms with E-state index < -0.39 is 10.2 Å². The number of nitrogens with zero attached hydrogens (tertiary/aromatic N) is 2. The largest absolute Gasteiger partial charge is 0.301 e. The molecule has 21 heavy (non-hydrogen) atoms. The summed E-state index contributed by atoms with van der Waals surface area (Å²) in [4.78, 5) is 1.85. The summed E-state index contributed by atoms with van der Waals surface area (Å²) < 4.78 is 41.4. The summed E-state index contributed by atoms with van der Waals surface area (Å²) in [6.45, 7) is 3.78. The Morgan fingerprint density at radius 3 is 2.33 bits per heavy atom. The second kappa shape index (κ2) is 7.31. The molecule has 0 spiro atoms. The zero-order chi connectivity index (χ0) is 16.2. The topological polar surface area (TPSA) is 52.7 Å². The van der Waals surface area contributed by atoms with Gasteiger partial charge in [-0.2, -0.15) is 12.7 Å². The van der Waals surface area contributed by atoms with Gasteiger partial charge in [0.1, 0.15) is 5.82 Å². The third-order valence-electron chi connectivity index (χ3n) is 3.42. The molecule has 5 nitrogen and oxygen atoms in total. The van der Waals surface area contributed by atoms with Crippen molar-refractivity contribution in [2.45, 2.75) is 25.9 Å². The van der Waals surface area contributed by atoms with Crippen LogP contribution in [0.3, 0.4) is 0 Å². The van der Waals surface area contributed by atoms with Crippen LogP contribution >= 0.6 is 0 Å². The summed E-state index contributed by atoms with van der Waals surface area (Å²) in [6, 6.07) is 5.83. The molecular weight excluding hydrogens is 293 g/mol. The highest BCUT2D eigenvalue weighted by Gasteiger charge is 2.23. The number of hydrogen-bond acceptors (Lipinski definition) is 3. The summed E-state index contributed by atoms with van der Waals surface area (Å²) in [5.74, 6) is -0.332. The zero-order valence-electron chi connectivity index (χ0n) is 13.2. The van der Waals surface area contributed by atoms with Crippen molar-refractivity contribution < 1.29 is 12.8 Å². The summed E-state index contributed by atoms with van der Waals surface area (Å²) >= 11 is 0. The average Bonchev–Trinajstić information content (AvgIpc) is 2.37. The van der Waals surface area contributed by atoms with E-state index in [0.29, 0.717) is 0 Å². The molecule has 1 aromatic rings. The Morgan fingerprint density at radius 2 is 1.86 bits per heavy atom. The quantitative estimate of drug-likeness (QED) is 0.831. The van der Waals surface area contributed by atoms with E-state index in [1.54, 1.807) is 26.0 Å². The van der Waals surface area contributed by atoms with E-state index in [2.05, 4.69) is 4.72 Å². The molecular formula is C14H24FN3O2S. The van der Waals surface area contributed by atoms with E-state index in [4.69, 9.17) is 0 Å². The maximum absolute atomic E-state index is 13.3. The first-order valence-electron chi connectivity index (χ1n) is 6.79. The predicted molar refractivity (Wildman–Crippen MR) is 82.6 cm³/mol. The molecule has 0 bridgehead atoms. The molecule has 0 aromatic heterocycles. The Kier molecular flexibility index (Phi) is 6.27. The standard InChI is InChI=1S/C14H24FN3O2S/c1-11(2)18(5)21(19,20)16-10-14(17(3)4)12-7-6-8-13(15)9-12/h6-9,11,14,16H,10H2,1-5H3/t14-/m1/s1. The Bertz CT molecular complexity index is 561. The van der Waals surface area contributed by atoms with Crippen molar-refractivity contribution in [3.05, 3.63) is 35.6 Å². The van der Waals surface area contributed by atoms with E-state index >= 15 is 0 Å². The lowest BCUT2D eigenvalue weighted by Crippen LogP contribution is -2.44. The molecule has 0 saturated carbocycles. The smallest absolute Gasteiger partial charge is 0.279 e. The van der Waals surface area contributed by atoms with Crippen LogP contribution in [0.5, 0.6) is 0 Å². The number of hydrogen-bond donors (Lipinski definition) is 1. The van der Waals surface area contributed by atoms with Crippen molar-refractivity contribution in [2.24, 2.45) is 0 Å². The molecule has 0 aliphatic rings. The molecule has 0 unspecified atom stereocenters. The molecule has 0 radical (unpaired) electrons. The highest BCUT2D eigenvalue weighted by atomic mass is 32.2. The number of nitrogens with one attached hydrogen (secondary N) is 1. The van der Waals surface area contributed by atoms with Gasteiger partial charge in [-0.3, -0.25) is 0 Å². The van der Waals surface area contributed by atoms with Crippen LogP contribution in [0.1, 0.15) is 25.5 Å². The minimum absolute atomic E-state index is 0.130. The minimum atomic E-state index is -3.54. The van der Waals surface area contributed by atoms with E-state index in [1.165, 1.54) is 23.5 Å². The first-order valence-corrected chi connectivity index (χ1v) is 8.23. The molecule has 1 N–H and O–H groups in total. The second-order valence-corrected chi connectivity index (χ2v) is 7.31. The van der Waals surface area contributed by atoms with Crippen LogP contribution in [0.15, 0.2) is 24.3 Å². The van der Waals surface area contributed by atoms with Crippen LogP contribution in [-0.2, 0) is 10.2 Å². The van der Waals surface area contributed by atoms with Crippen LogP contribution in [0.2, 0.25) is 0 Å². The molecule has 1 aromatic carbocycles. The lowest BCUT2D eigenvalue weighted by Gasteiger charge is -2.27. The minimum Gasteiger partial charge on any atom is -0.301 e. The fourth-order valence-electron chi connectivity index (χ4n) is 1.88. The maximum Gasteiger partial charge on any atom is 0.279 e. The first-order chi connectivity index (χ1) is 9.65. The van der Waals surface area contributed by atoms with Gasteiger partial charge in [0.05, 0.1) is 0 Å². The number of halogens is 1. The van der Waals surface area contributed by atoms with E-state index in [1.807, 2.05) is 19.0 Å². The first kappa shape index (κ1) is 18.0. The molecule has 0 saturated heterocycles. The van der Waals surface area contributed by atoms with Gasteiger partial charge in [0.25, 0.3) is 10.2 Å². The van der Waals surface area contributed by atoms with Crippen molar-refractivity contribution in [3.8, 4) is 0 Å². The van der Waals surface area contributed by atoms with Crippen molar-refractivity contribution in [1.29, 1.82) is 0 Å². The average molecular weight is 317 g/mol.